The first-order valence-corrected chi connectivity index (χ1v) is 4.99. The van der Waals surface area contributed by atoms with E-state index in [2.05, 4.69) is 11.0 Å². The summed E-state index contributed by atoms with van der Waals surface area (Å²) in [5, 5.41) is 8.59. The van der Waals surface area contributed by atoms with Gasteiger partial charge in [-0.3, -0.25) is 0 Å². The summed E-state index contributed by atoms with van der Waals surface area (Å²) in [7, 11) is 1.65. The summed E-state index contributed by atoms with van der Waals surface area (Å²) in [6.07, 6.45) is 4.96. The Bertz CT molecular complexity index is 131. The second-order valence-corrected chi connectivity index (χ2v) is 3.81. The van der Waals surface area contributed by atoms with E-state index in [-0.39, 0.29) is 0 Å². The summed E-state index contributed by atoms with van der Waals surface area (Å²) in [4.78, 5) is 4.82. The Morgan fingerprint density at radius 3 is 2.62 bits per heavy atom. The third-order valence-corrected chi connectivity index (χ3v) is 2.79. The minimum absolute atomic E-state index is 0.627. The highest BCUT2D eigenvalue weighted by atomic mass is 16.6. The van der Waals surface area contributed by atoms with Gasteiger partial charge in [0.15, 0.2) is 0 Å². The molecule has 0 aromatic carbocycles. The monoisotopic (exact) mass is 188 g/mol. The predicted octanol–water partition coefficient (Wildman–Crippen LogP) is 0.923. The highest BCUT2D eigenvalue weighted by molar-refractivity contribution is 4.74. The van der Waals surface area contributed by atoms with E-state index in [1.165, 1.54) is 25.7 Å². The smallest absolute Gasteiger partial charge is 0.0572 e. The van der Waals surface area contributed by atoms with Crippen molar-refractivity contribution in [1.29, 1.82) is 0 Å². The Morgan fingerprint density at radius 2 is 2.00 bits per heavy atom. The van der Waals surface area contributed by atoms with E-state index in [9.17, 15) is 0 Å². The molecule has 4 heteroatoms. The van der Waals surface area contributed by atoms with Crippen LogP contribution in [0.5, 0.6) is 0 Å². The van der Waals surface area contributed by atoms with Crippen LogP contribution in [-0.2, 0) is 4.84 Å². The van der Waals surface area contributed by atoms with Crippen LogP contribution >= 0.6 is 0 Å². The fraction of sp³-hybridized carbons (Fsp3) is 1.00. The maximum absolute atomic E-state index is 8.59. The van der Waals surface area contributed by atoms with Crippen molar-refractivity contribution in [2.24, 2.45) is 11.8 Å². The first-order chi connectivity index (χ1) is 6.36. The summed E-state index contributed by atoms with van der Waals surface area (Å²) < 4.78 is 0. The molecule has 1 saturated carbocycles. The van der Waals surface area contributed by atoms with Crippen LogP contribution in [0.15, 0.2) is 0 Å². The number of nitrogens with one attached hydrogen (secondary N) is 2. The molecule has 0 saturated heterocycles. The summed E-state index contributed by atoms with van der Waals surface area (Å²) in [6.45, 7) is 1.65. The fourth-order valence-corrected chi connectivity index (χ4v) is 2.10. The molecule has 78 valence electrons. The molecular formula is C9H20N2O2. The number of rotatable bonds is 5. The molecule has 0 aromatic heterocycles. The zero-order valence-electron chi connectivity index (χ0n) is 8.25. The van der Waals surface area contributed by atoms with E-state index < -0.39 is 0 Å². The molecule has 0 radical (unpaired) electrons. The average molecular weight is 188 g/mol. The molecule has 1 aliphatic rings. The fourth-order valence-electron chi connectivity index (χ4n) is 2.10. The van der Waals surface area contributed by atoms with Crippen LogP contribution in [0.4, 0.5) is 0 Å². The molecule has 3 N–H and O–H groups in total. The van der Waals surface area contributed by atoms with Crippen LogP contribution in [0.25, 0.3) is 0 Å². The van der Waals surface area contributed by atoms with Crippen LogP contribution in [0, 0.1) is 11.8 Å². The van der Waals surface area contributed by atoms with Crippen molar-refractivity contribution < 1.29 is 10.0 Å². The molecule has 2 atom stereocenters. The van der Waals surface area contributed by atoms with Gasteiger partial charge in [0.25, 0.3) is 0 Å². The molecule has 0 aromatic rings. The van der Waals surface area contributed by atoms with Crippen LogP contribution in [0.1, 0.15) is 25.7 Å². The van der Waals surface area contributed by atoms with Gasteiger partial charge in [-0.25, -0.2) is 11.0 Å². The van der Waals surface area contributed by atoms with Crippen LogP contribution in [0.2, 0.25) is 0 Å². The molecule has 1 rings (SSSR count). The molecule has 1 fully saturated rings. The summed E-state index contributed by atoms with van der Waals surface area (Å²) in [5.74, 6) is 1.33. The van der Waals surface area contributed by atoms with Crippen molar-refractivity contribution in [3.05, 3.63) is 0 Å². The lowest BCUT2D eigenvalue weighted by Crippen LogP contribution is -2.30. The van der Waals surface area contributed by atoms with Gasteiger partial charge in [-0.2, -0.15) is 0 Å². The molecule has 0 aliphatic heterocycles. The lowest BCUT2D eigenvalue weighted by molar-refractivity contribution is 0.0656. The minimum atomic E-state index is 0.627. The molecule has 0 spiro atoms. The molecular weight excluding hydrogens is 168 g/mol. The van der Waals surface area contributed by atoms with Crippen LogP contribution < -0.4 is 11.0 Å². The zero-order chi connectivity index (χ0) is 9.52. The third-order valence-electron chi connectivity index (χ3n) is 2.79. The molecule has 0 bridgehead atoms. The largest absolute Gasteiger partial charge is 0.317 e. The lowest BCUT2D eigenvalue weighted by Gasteiger charge is -2.28. The molecule has 4 nitrogen and oxygen atoms in total. The van der Waals surface area contributed by atoms with Crippen LogP contribution in [0.3, 0.4) is 0 Å². The van der Waals surface area contributed by atoms with Crippen molar-refractivity contribution in [2.45, 2.75) is 25.7 Å². The predicted molar refractivity (Wildman–Crippen MR) is 50.2 cm³/mol. The van der Waals surface area contributed by atoms with E-state index >= 15 is 0 Å². The molecule has 2 unspecified atom stereocenters. The van der Waals surface area contributed by atoms with Gasteiger partial charge in [-0.05, 0) is 31.1 Å². The maximum Gasteiger partial charge on any atom is 0.0572 e. The number of hydrogen-bond donors (Lipinski definition) is 3. The maximum atomic E-state index is 8.59. The first-order valence-electron chi connectivity index (χ1n) is 4.99. The van der Waals surface area contributed by atoms with E-state index in [4.69, 9.17) is 10.0 Å². The Balaban J connectivity index is 2.16. The van der Waals surface area contributed by atoms with Gasteiger partial charge in [0.2, 0.25) is 0 Å². The third kappa shape index (κ3) is 4.04. The molecule has 0 heterocycles. The van der Waals surface area contributed by atoms with Gasteiger partial charge < -0.3 is 10.0 Å². The number of hydroxylamine groups is 2. The Morgan fingerprint density at radius 1 is 1.31 bits per heavy atom. The van der Waals surface area contributed by atoms with Gasteiger partial charge >= 0.3 is 0 Å². The SMILES string of the molecule is CONCC1CCCC(CNO)C1. The molecule has 1 aliphatic carbocycles. The van der Waals surface area contributed by atoms with E-state index in [0.29, 0.717) is 11.8 Å². The topological polar surface area (TPSA) is 53.5 Å². The summed E-state index contributed by atoms with van der Waals surface area (Å²) >= 11 is 0. The normalized spacial score (nSPS) is 29.1. The number of hydrogen-bond acceptors (Lipinski definition) is 4. The van der Waals surface area contributed by atoms with E-state index in [1.54, 1.807) is 7.11 Å². The van der Waals surface area contributed by atoms with Gasteiger partial charge in [0.05, 0.1) is 7.11 Å². The Hall–Kier alpha value is -0.160. The van der Waals surface area contributed by atoms with Crippen molar-refractivity contribution in [1.82, 2.24) is 11.0 Å². The van der Waals surface area contributed by atoms with Crippen molar-refractivity contribution in [3.63, 3.8) is 0 Å². The van der Waals surface area contributed by atoms with Crippen molar-refractivity contribution in [3.8, 4) is 0 Å². The second kappa shape index (κ2) is 6.32. The van der Waals surface area contributed by atoms with Gasteiger partial charge in [0.1, 0.15) is 0 Å². The standard InChI is InChI=1S/C9H20N2O2/c1-13-11-7-9-4-2-3-8(5-9)6-10-12/h8-12H,2-7H2,1H3. The van der Waals surface area contributed by atoms with Gasteiger partial charge in [-0.15, -0.1) is 0 Å². The van der Waals surface area contributed by atoms with E-state index in [1.807, 2.05) is 0 Å². The minimum Gasteiger partial charge on any atom is -0.317 e. The van der Waals surface area contributed by atoms with Gasteiger partial charge in [0, 0.05) is 13.1 Å². The Kier molecular flexibility index (Phi) is 5.31. The highest BCUT2D eigenvalue weighted by Crippen LogP contribution is 2.27. The van der Waals surface area contributed by atoms with Crippen LogP contribution in [-0.4, -0.2) is 25.4 Å². The van der Waals surface area contributed by atoms with Crippen molar-refractivity contribution in [2.75, 3.05) is 20.2 Å². The van der Waals surface area contributed by atoms with Crippen molar-refractivity contribution >= 4 is 0 Å². The quantitative estimate of drug-likeness (QED) is 0.562. The summed E-state index contributed by atoms with van der Waals surface area (Å²) in [5.41, 5.74) is 5.16. The van der Waals surface area contributed by atoms with E-state index in [0.717, 1.165) is 13.1 Å². The first kappa shape index (κ1) is 10.9. The van der Waals surface area contributed by atoms with Gasteiger partial charge in [-0.1, -0.05) is 6.42 Å². The molecule has 0 amide bonds. The average Bonchev–Trinajstić information content (AvgIpc) is 2.16. The lowest BCUT2D eigenvalue weighted by atomic mass is 9.81. The highest BCUT2D eigenvalue weighted by Gasteiger charge is 2.21. The molecule has 13 heavy (non-hydrogen) atoms. The zero-order valence-corrected chi connectivity index (χ0v) is 8.25. The second-order valence-electron chi connectivity index (χ2n) is 3.81. The Labute approximate surface area is 79.6 Å². The summed E-state index contributed by atoms with van der Waals surface area (Å²) in [6, 6.07) is 0.